The zero-order valence-corrected chi connectivity index (χ0v) is 19.4. The summed E-state index contributed by atoms with van der Waals surface area (Å²) in [5.74, 6) is -0.396. The van der Waals surface area contributed by atoms with Crippen LogP contribution < -0.4 is 16.1 Å². The smallest absolute Gasteiger partial charge is 0.251 e. The number of nitrogens with zero attached hydrogens (tertiary/aromatic N) is 1. The van der Waals surface area contributed by atoms with Crippen molar-refractivity contribution in [3.8, 4) is 0 Å². The van der Waals surface area contributed by atoms with Crippen molar-refractivity contribution in [2.24, 2.45) is 5.10 Å². The van der Waals surface area contributed by atoms with Crippen molar-refractivity contribution in [3.05, 3.63) is 69.2 Å². The largest absolute Gasteiger partial charge is 0.367 e. The number of rotatable bonds is 5. The van der Waals surface area contributed by atoms with Gasteiger partial charge in [-0.1, -0.05) is 41.4 Å². The van der Waals surface area contributed by atoms with Gasteiger partial charge >= 0.3 is 0 Å². The summed E-state index contributed by atoms with van der Waals surface area (Å²) >= 11 is 12.3. The van der Waals surface area contributed by atoms with Crippen LogP contribution in [0.4, 0.5) is 0 Å². The van der Waals surface area contributed by atoms with E-state index in [4.69, 9.17) is 27.9 Å². The molecule has 0 spiro atoms. The number of ether oxygens (including phenoxy) is 1. The summed E-state index contributed by atoms with van der Waals surface area (Å²) in [6.45, 7) is 2.25. The van der Waals surface area contributed by atoms with Crippen molar-refractivity contribution >= 4 is 53.1 Å². The molecule has 1 saturated heterocycles. The minimum atomic E-state index is -0.725. The molecule has 2 aliphatic rings. The number of nitrogens with one attached hydrogen (secondary N) is 3. The minimum absolute atomic E-state index is 0. The zero-order chi connectivity index (χ0) is 21.8. The Morgan fingerprint density at radius 1 is 1.16 bits per heavy atom. The second-order valence-corrected chi connectivity index (χ2v) is 8.32. The number of halogens is 3. The molecule has 0 aliphatic carbocycles. The zero-order valence-electron chi connectivity index (χ0n) is 17.1. The third-order valence-electron chi connectivity index (χ3n) is 5.44. The van der Waals surface area contributed by atoms with Gasteiger partial charge in [0, 0.05) is 12.1 Å². The van der Waals surface area contributed by atoms with Gasteiger partial charge in [-0.05, 0) is 48.4 Å². The van der Waals surface area contributed by atoms with E-state index < -0.39 is 5.60 Å². The maximum absolute atomic E-state index is 12.9. The minimum Gasteiger partial charge on any atom is -0.367 e. The van der Waals surface area contributed by atoms with Gasteiger partial charge in [-0.3, -0.25) is 9.59 Å². The molecule has 2 aromatic rings. The lowest BCUT2D eigenvalue weighted by Crippen LogP contribution is -2.43. The third kappa shape index (κ3) is 5.42. The highest BCUT2D eigenvalue weighted by atomic mass is 35.5. The Labute approximate surface area is 202 Å². The van der Waals surface area contributed by atoms with E-state index in [9.17, 15) is 9.59 Å². The van der Waals surface area contributed by atoms with Gasteiger partial charge in [0.15, 0.2) is 0 Å². The molecule has 10 heteroatoms. The number of carbonyl (C=O) groups excluding carboxylic acids is 2. The Morgan fingerprint density at radius 2 is 2.00 bits per heavy atom. The van der Waals surface area contributed by atoms with Crippen molar-refractivity contribution < 1.29 is 14.3 Å². The van der Waals surface area contributed by atoms with E-state index >= 15 is 0 Å². The summed E-state index contributed by atoms with van der Waals surface area (Å²) in [6, 6.07) is 12.5. The van der Waals surface area contributed by atoms with Crippen LogP contribution in [0.3, 0.4) is 0 Å². The van der Waals surface area contributed by atoms with Gasteiger partial charge in [-0.15, -0.1) is 12.4 Å². The van der Waals surface area contributed by atoms with E-state index in [2.05, 4.69) is 21.2 Å². The molecule has 2 heterocycles. The fourth-order valence-corrected chi connectivity index (χ4v) is 4.05. The second-order valence-electron chi connectivity index (χ2n) is 7.51. The van der Waals surface area contributed by atoms with Crippen LogP contribution in [0.25, 0.3) is 0 Å². The Balaban J connectivity index is 0.00000289. The van der Waals surface area contributed by atoms with Gasteiger partial charge in [0.05, 0.1) is 35.3 Å². The number of hydrazone groups is 1. The number of carbonyl (C=O) groups is 2. The average Bonchev–Trinajstić information content (AvgIpc) is 3.07. The van der Waals surface area contributed by atoms with Crippen LogP contribution in [-0.4, -0.2) is 43.8 Å². The first-order valence-electron chi connectivity index (χ1n) is 10.0. The standard InChI is InChI=1S/C22H22Cl2N4O3.ClH/c23-17-5-4-16(11-18(17)24)22(6-7-25-8-9-31-22)13-26-21(30)15-3-1-2-14(10-15)19-12-20(29)28-27-19;/h1-5,10-11,25H,6-9,12-13H2,(H,26,30)(H,28,29);1H/t22-;/m1./s1. The molecule has 0 bridgehead atoms. The summed E-state index contributed by atoms with van der Waals surface area (Å²) in [5, 5.41) is 11.3. The highest BCUT2D eigenvalue weighted by Gasteiger charge is 2.35. The molecule has 1 fully saturated rings. The van der Waals surface area contributed by atoms with Crippen LogP contribution in [0.15, 0.2) is 47.6 Å². The molecule has 4 rings (SSSR count). The van der Waals surface area contributed by atoms with E-state index in [1.54, 1.807) is 30.3 Å². The molecule has 1 atom stereocenters. The third-order valence-corrected chi connectivity index (χ3v) is 6.18. The van der Waals surface area contributed by atoms with Gasteiger partial charge < -0.3 is 15.4 Å². The van der Waals surface area contributed by atoms with Gasteiger partial charge in [0.25, 0.3) is 5.91 Å². The SMILES string of the molecule is Cl.O=C1CC(c2cccc(C(=O)NC[C@@]3(c4ccc(Cl)c(Cl)c4)CCNCCO3)c2)=NN1. The van der Waals surface area contributed by atoms with Crippen molar-refractivity contribution in [1.29, 1.82) is 0 Å². The molecule has 32 heavy (non-hydrogen) atoms. The first-order valence-corrected chi connectivity index (χ1v) is 10.8. The van der Waals surface area contributed by atoms with Crippen molar-refractivity contribution in [2.75, 3.05) is 26.2 Å². The maximum atomic E-state index is 12.9. The summed E-state index contributed by atoms with van der Waals surface area (Å²) in [6.07, 6.45) is 0.863. The van der Waals surface area contributed by atoms with Gasteiger partial charge in [-0.25, -0.2) is 5.43 Å². The van der Waals surface area contributed by atoms with Crippen LogP contribution in [-0.2, 0) is 15.1 Å². The second kappa shape index (κ2) is 10.6. The lowest BCUT2D eigenvalue weighted by molar-refractivity contribution is -0.119. The average molecular weight is 498 g/mol. The van der Waals surface area contributed by atoms with E-state index in [1.807, 2.05) is 12.1 Å². The van der Waals surface area contributed by atoms with Crippen molar-refractivity contribution in [3.63, 3.8) is 0 Å². The molecule has 3 N–H and O–H groups in total. The fourth-order valence-electron chi connectivity index (χ4n) is 3.75. The predicted octanol–water partition coefficient (Wildman–Crippen LogP) is 3.27. The van der Waals surface area contributed by atoms with Crippen LogP contribution in [0, 0.1) is 0 Å². The highest BCUT2D eigenvalue weighted by Crippen LogP contribution is 2.34. The monoisotopic (exact) mass is 496 g/mol. The van der Waals surface area contributed by atoms with Gasteiger partial charge in [0.1, 0.15) is 5.60 Å². The quantitative estimate of drug-likeness (QED) is 0.591. The first-order chi connectivity index (χ1) is 15.0. The van der Waals surface area contributed by atoms with Crippen molar-refractivity contribution in [2.45, 2.75) is 18.4 Å². The molecule has 0 saturated carbocycles. The van der Waals surface area contributed by atoms with E-state index in [1.165, 1.54) is 0 Å². The number of hydrogen-bond donors (Lipinski definition) is 3. The summed E-state index contributed by atoms with van der Waals surface area (Å²) < 4.78 is 6.23. The summed E-state index contributed by atoms with van der Waals surface area (Å²) in [4.78, 5) is 24.4. The number of amides is 2. The molecule has 2 amide bonds. The molecular formula is C22H23Cl3N4O3. The Hall–Kier alpha value is -2.16. The molecule has 2 aliphatic heterocycles. The summed E-state index contributed by atoms with van der Waals surface area (Å²) in [7, 11) is 0. The number of benzene rings is 2. The van der Waals surface area contributed by atoms with E-state index in [0.29, 0.717) is 34.3 Å². The van der Waals surface area contributed by atoms with Crippen molar-refractivity contribution in [1.82, 2.24) is 16.1 Å². The molecule has 0 radical (unpaired) electrons. The normalized spacial score (nSPS) is 20.6. The van der Waals surface area contributed by atoms with Gasteiger partial charge in [0.2, 0.25) is 5.91 Å². The maximum Gasteiger partial charge on any atom is 0.251 e. The molecule has 7 nitrogen and oxygen atoms in total. The lowest BCUT2D eigenvalue weighted by atomic mass is 9.89. The fraction of sp³-hybridized carbons (Fsp3) is 0.318. The van der Waals surface area contributed by atoms with E-state index in [0.717, 1.165) is 24.2 Å². The Bertz CT molecular complexity index is 1040. The Kier molecular flexibility index (Phi) is 8.14. The lowest BCUT2D eigenvalue weighted by Gasteiger charge is -2.33. The van der Waals surface area contributed by atoms with Gasteiger partial charge in [-0.2, -0.15) is 5.10 Å². The topological polar surface area (TPSA) is 91.8 Å². The first kappa shape index (κ1) is 24.5. The Morgan fingerprint density at radius 3 is 2.75 bits per heavy atom. The molecule has 0 aromatic heterocycles. The van der Waals surface area contributed by atoms with Crippen LogP contribution >= 0.6 is 35.6 Å². The van der Waals surface area contributed by atoms with Crippen LogP contribution in [0.5, 0.6) is 0 Å². The molecule has 2 aromatic carbocycles. The molecule has 170 valence electrons. The van der Waals surface area contributed by atoms with Crippen LogP contribution in [0.1, 0.15) is 34.3 Å². The highest BCUT2D eigenvalue weighted by molar-refractivity contribution is 6.42. The number of hydrogen-bond acceptors (Lipinski definition) is 5. The summed E-state index contributed by atoms with van der Waals surface area (Å²) in [5.41, 5.74) is 4.40. The van der Waals surface area contributed by atoms with Crippen LogP contribution in [0.2, 0.25) is 10.0 Å². The molecular weight excluding hydrogens is 475 g/mol. The molecule has 0 unspecified atom stereocenters. The predicted molar refractivity (Wildman–Crippen MR) is 127 cm³/mol. The van der Waals surface area contributed by atoms with E-state index in [-0.39, 0.29) is 37.2 Å².